The molecule has 128 valence electrons. The smallest absolute Gasteiger partial charge is 0.114 e. The van der Waals surface area contributed by atoms with Gasteiger partial charge in [0.25, 0.3) is 0 Å². The third-order valence-corrected chi connectivity index (χ3v) is 9.82. The molecule has 1 aliphatic rings. The highest BCUT2D eigenvalue weighted by molar-refractivity contribution is 7.03. The maximum absolute atomic E-state index is 4.84. The zero-order valence-corrected chi connectivity index (χ0v) is 16.5. The summed E-state index contributed by atoms with van der Waals surface area (Å²) in [5.74, 6) is 0. The van der Waals surface area contributed by atoms with Crippen molar-refractivity contribution in [3.63, 3.8) is 0 Å². The number of rotatable bonds is 0. The molecule has 0 spiro atoms. The lowest BCUT2D eigenvalue weighted by atomic mass is 9.95. The molecule has 0 bridgehead atoms. The predicted octanol–water partition coefficient (Wildman–Crippen LogP) is 5.34. The van der Waals surface area contributed by atoms with Crippen LogP contribution in [0.4, 0.5) is 0 Å². The molecule has 0 aliphatic carbocycles. The first-order valence-corrected chi connectivity index (χ1v) is 12.5. The van der Waals surface area contributed by atoms with Crippen LogP contribution in [0.2, 0.25) is 13.1 Å². The molecule has 0 amide bonds. The Hall–Kier alpha value is -2.97. The molecule has 0 unspecified atom stereocenters. The first-order chi connectivity index (χ1) is 13.2. The molecule has 1 aliphatic heterocycles. The van der Waals surface area contributed by atoms with E-state index in [9.17, 15) is 0 Å². The van der Waals surface area contributed by atoms with E-state index < -0.39 is 8.07 Å². The summed E-state index contributed by atoms with van der Waals surface area (Å²) in [6.45, 7) is 4.96. The van der Waals surface area contributed by atoms with Crippen molar-refractivity contribution in [3.8, 4) is 11.3 Å². The molecular weight excluding hydrogens is 342 g/mol. The van der Waals surface area contributed by atoms with Crippen LogP contribution in [0.5, 0.6) is 0 Å². The minimum absolute atomic E-state index is 1.15. The van der Waals surface area contributed by atoms with Crippen molar-refractivity contribution in [2.75, 3.05) is 0 Å². The second kappa shape index (κ2) is 5.05. The first kappa shape index (κ1) is 15.1. The highest BCUT2D eigenvalue weighted by Gasteiger charge is 2.36. The van der Waals surface area contributed by atoms with Gasteiger partial charge in [0.15, 0.2) is 0 Å². The van der Waals surface area contributed by atoms with Crippen molar-refractivity contribution in [1.82, 2.24) is 4.98 Å². The lowest BCUT2D eigenvalue weighted by Gasteiger charge is -2.33. The van der Waals surface area contributed by atoms with Gasteiger partial charge in [-0.2, -0.15) is 0 Å². The van der Waals surface area contributed by atoms with Gasteiger partial charge in [-0.25, -0.2) is 0 Å². The summed E-state index contributed by atoms with van der Waals surface area (Å²) in [6, 6.07) is 26.8. The third kappa shape index (κ3) is 1.86. The van der Waals surface area contributed by atoms with Crippen LogP contribution in [0.15, 0.2) is 79.0 Å². The molecule has 0 atom stereocenters. The van der Waals surface area contributed by atoms with E-state index in [4.69, 9.17) is 4.98 Å². The number of fused-ring (bicyclic) bond motifs is 6. The lowest BCUT2D eigenvalue weighted by molar-refractivity contribution is 1.36. The maximum Gasteiger partial charge on any atom is 0.114 e. The second-order valence-electron chi connectivity index (χ2n) is 8.06. The van der Waals surface area contributed by atoms with Crippen LogP contribution in [-0.2, 0) is 0 Å². The molecule has 5 aromatic rings. The number of nitrogens with zero attached hydrogens (tertiary/aromatic N) is 1. The Balaban J connectivity index is 1.91. The SMILES string of the molecule is C[Si]1(C)c2ccccc2-c2nccc3c2c1cc1c2ccccc2ccc31. The Morgan fingerprint density at radius 1 is 0.667 bits per heavy atom. The molecule has 27 heavy (non-hydrogen) atoms. The van der Waals surface area contributed by atoms with Crippen LogP contribution in [0.1, 0.15) is 0 Å². The fourth-order valence-corrected chi connectivity index (χ4v) is 8.00. The lowest BCUT2D eigenvalue weighted by Crippen LogP contribution is -2.56. The van der Waals surface area contributed by atoms with Gasteiger partial charge in [0.05, 0.1) is 5.69 Å². The third-order valence-electron chi connectivity index (χ3n) is 6.30. The van der Waals surface area contributed by atoms with E-state index in [1.165, 1.54) is 48.3 Å². The second-order valence-corrected chi connectivity index (χ2v) is 12.4. The van der Waals surface area contributed by atoms with Crippen LogP contribution >= 0.6 is 0 Å². The summed E-state index contributed by atoms with van der Waals surface area (Å²) in [6.07, 6.45) is 1.98. The molecule has 0 saturated carbocycles. The van der Waals surface area contributed by atoms with Gasteiger partial charge in [0.2, 0.25) is 0 Å². The Morgan fingerprint density at radius 2 is 1.48 bits per heavy atom. The topological polar surface area (TPSA) is 12.9 Å². The molecule has 2 heterocycles. The highest BCUT2D eigenvalue weighted by atomic mass is 28.3. The van der Waals surface area contributed by atoms with Gasteiger partial charge >= 0.3 is 0 Å². The van der Waals surface area contributed by atoms with Crippen molar-refractivity contribution in [2.45, 2.75) is 13.1 Å². The molecule has 6 rings (SSSR count). The van der Waals surface area contributed by atoms with Crippen molar-refractivity contribution in [3.05, 3.63) is 79.0 Å². The molecule has 0 N–H and O–H groups in total. The highest BCUT2D eigenvalue weighted by Crippen LogP contribution is 2.37. The molecule has 0 radical (unpaired) electrons. The van der Waals surface area contributed by atoms with Gasteiger partial charge in [-0.1, -0.05) is 79.8 Å². The van der Waals surface area contributed by atoms with Gasteiger partial charge in [-0.15, -0.1) is 0 Å². The number of benzene rings is 4. The average molecular weight is 362 g/mol. The molecule has 2 heteroatoms. The van der Waals surface area contributed by atoms with Crippen LogP contribution in [0.25, 0.3) is 43.6 Å². The number of hydrogen-bond donors (Lipinski definition) is 0. The average Bonchev–Trinajstić information content (AvgIpc) is 2.71. The summed E-state index contributed by atoms with van der Waals surface area (Å²) in [5.41, 5.74) is 2.48. The minimum atomic E-state index is -1.81. The maximum atomic E-state index is 4.84. The quantitative estimate of drug-likeness (QED) is 0.268. The Bertz CT molecular complexity index is 1400. The summed E-state index contributed by atoms with van der Waals surface area (Å²) < 4.78 is 0. The molecule has 1 nitrogen and oxygen atoms in total. The fourth-order valence-electron chi connectivity index (χ4n) is 4.94. The summed E-state index contributed by atoms with van der Waals surface area (Å²) >= 11 is 0. The van der Waals surface area contributed by atoms with Crippen molar-refractivity contribution in [2.24, 2.45) is 0 Å². The summed E-state index contributed by atoms with van der Waals surface area (Å²) in [7, 11) is -1.81. The largest absolute Gasteiger partial charge is 0.256 e. The van der Waals surface area contributed by atoms with Gasteiger partial charge in [-0.3, -0.25) is 4.98 Å². The standard InChI is InChI=1S/C25H19NSi/c1-27(2)22-10-6-5-9-20(22)25-24-19(13-14-26-25)18-12-11-16-7-3-4-8-17(16)21(18)15-23(24)27/h3-15H,1-2H3. The van der Waals surface area contributed by atoms with Crippen LogP contribution in [0.3, 0.4) is 0 Å². The first-order valence-electron chi connectivity index (χ1n) is 9.50. The van der Waals surface area contributed by atoms with E-state index in [0.717, 1.165) is 5.69 Å². The van der Waals surface area contributed by atoms with Crippen LogP contribution in [0, 0.1) is 0 Å². The van der Waals surface area contributed by atoms with E-state index in [0.29, 0.717) is 0 Å². The van der Waals surface area contributed by atoms with Gasteiger partial charge in [0.1, 0.15) is 8.07 Å². The fraction of sp³-hybridized carbons (Fsp3) is 0.0800. The Kier molecular flexibility index (Phi) is 2.83. The monoisotopic (exact) mass is 361 g/mol. The van der Waals surface area contributed by atoms with Crippen molar-refractivity contribution < 1.29 is 0 Å². The summed E-state index contributed by atoms with van der Waals surface area (Å²) in [4.78, 5) is 4.84. The van der Waals surface area contributed by atoms with Crippen LogP contribution in [-0.4, -0.2) is 13.1 Å². The molecule has 4 aromatic carbocycles. The van der Waals surface area contributed by atoms with E-state index in [2.05, 4.69) is 85.9 Å². The van der Waals surface area contributed by atoms with Gasteiger partial charge in [-0.05, 0) is 43.4 Å². The van der Waals surface area contributed by atoms with E-state index in [-0.39, 0.29) is 0 Å². The van der Waals surface area contributed by atoms with E-state index in [1.807, 2.05) is 6.20 Å². The molecule has 0 saturated heterocycles. The minimum Gasteiger partial charge on any atom is -0.256 e. The number of pyridine rings is 1. The van der Waals surface area contributed by atoms with Crippen molar-refractivity contribution >= 4 is 50.8 Å². The molecule has 0 fully saturated rings. The normalized spacial score (nSPS) is 14.6. The van der Waals surface area contributed by atoms with Gasteiger partial charge in [0, 0.05) is 17.1 Å². The zero-order chi connectivity index (χ0) is 18.2. The van der Waals surface area contributed by atoms with E-state index in [1.54, 1.807) is 0 Å². The van der Waals surface area contributed by atoms with Gasteiger partial charge < -0.3 is 0 Å². The van der Waals surface area contributed by atoms with Crippen LogP contribution < -0.4 is 10.4 Å². The zero-order valence-electron chi connectivity index (χ0n) is 15.5. The Morgan fingerprint density at radius 3 is 2.41 bits per heavy atom. The van der Waals surface area contributed by atoms with E-state index >= 15 is 0 Å². The molecular formula is C25H19NSi. The number of hydrogen-bond acceptors (Lipinski definition) is 1. The number of aromatic nitrogens is 1. The Labute approximate surface area is 159 Å². The predicted molar refractivity (Wildman–Crippen MR) is 119 cm³/mol. The van der Waals surface area contributed by atoms with Crippen molar-refractivity contribution in [1.29, 1.82) is 0 Å². The summed E-state index contributed by atoms with van der Waals surface area (Å²) in [5, 5.41) is 11.1. The molecule has 1 aromatic heterocycles.